The van der Waals surface area contributed by atoms with Gasteiger partial charge in [-0.25, -0.2) is 4.98 Å². The first-order valence-corrected chi connectivity index (χ1v) is 8.25. The molecule has 0 aliphatic carbocycles. The first-order valence-electron chi connectivity index (χ1n) is 8.25. The summed E-state index contributed by atoms with van der Waals surface area (Å²) in [4.78, 5) is 20.6. The van der Waals surface area contributed by atoms with Crippen LogP contribution >= 0.6 is 0 Å². The summed E-state index contributed by atoms with van der Waals surface area (Å²) >= 11 is 0. The van der Waals surface area contributed by atoms with Gasteiger partial charge in [-0.05, 0) is 35.9 Å². The molecule has 0 aliphatic heterocycles. The second kappa shape index (κ2) is 8.62. The van der Waals surface area contributed by atoms with Gasteiger partial charge in [0, 0.05) is 37.2 Å². The Morgan fingerprint density at radius 3 is 2.58 bits per heavy atom. The maximum atomic E-state index is 12.3. The van der Waals surface area contributed by atoms with Crippen molar-refractivity contribution in [2.24, 2.45) is 0 Å². The van der Waals surface area contributed by atoms with Gasteiger partial charge in [-0.3, -0.25) is 9.78 Å². The number of anilines is 1. The fourth-order valence-corrected chi connectivity index (χ4v) is 2.45. The minimum Gasteiger partial charge on any atom is -0.496 e. The highest BCUT2D eigenvalue weighted by atomic mass is 16.5. The normalized spacial score (nSPS) is 10.2. The molecule has 132 valence electrons. The maximum Gasteiger partial charge on any atom is 0.253 e. The Balaban J connectivity index is 1.55. The maximum absolute atomic E-state index is 12.3. The van der Waals surface area contributed by atoms with Gasteiger partial charge in [0.15, 0.2) is 0 Å². The van der Waals surface area contributed by atoms with Crippen molar-refractivity contribution >= 4 is 11.7 Å². The summed E-state index contributed by atoms with van der Waals surface area (Å²) in [5.74, 6) is 1.29. The monoisotopic (exact) mass is 348 g/mol. The number of methoxy groups -OCH3 is 1. The fourth-order valence-electron chi connectivity index (χ4n) is 2.45. The van der Waals surface area contributed by atoms with Crippen molar-refractivity contribution in [3.05, 3.63) is 83.8 Å². The molecule has 1 aromatic carbocycles. The van der Waals surface area contributed by atoms with E-state index in [2.05, 4.69) is 20.6 Å². The van der Waals surface area contributed by atoms with Crippen LogP contribution in [0.5, 0.6) is 5.75 Å². The summed E-state index contributed by atoms with van der Waals surface area (Å²) in [6, 6.07) is 15.0. The third-order valence-electron chi connectivity index (χ3n) is 3.88. The molecular weight excluding hydrogens is 328 g/mol. The van der Waals surface area contributed by atoms with Crippen LogP contribution in [0.25, 0.3) is 0 Å². The van der Waals surface area contributed by atoms with Gasteiger partial charge >= 0.3 is 0 Å². The van der Waals surface area contributed by atoms with Crippen molar-refractivity contribution in [3.8, 4) is 5.75 Å². The molecule has 0 atom stereocenters. The number of amides is 1. The van der Waals surface area contributed by atoms with Gasteiger partial charge in [-0.2, -0.15) is 0 Å². The van der Waals surface area contributed by atoms with E-state index >= 15 is 0 Å². The number of para-hydroxylation sites is 1. The molecule has 2 heterocycles. The minimum atomic E-state index is -0.177. The largest absolute Gasteiger partial charge is 0.496 e. The molecule has 0 aliphatic rings. The quantitative estimate of drug-likeness (QED) is 0.686. The van der Waals surface area contributed by atoms with Crippen LogP contribution in [0.15, 0.2) is 67.1 Å². The number of rotatable bonds is 7. The number of hydrogen-bond acceptors (Lipinski definition) is 5. The van der Waals surface area contributed by atoms with Crippen molar-refractivity contribution in [1.82, 2.24) is 15.3 Å². The second-order valence-corrected chi connectivity index (χ2v) is 5.64. The van der Waals surface area contributed by atoms with E-state index in [1.165, 1.54) is 0 Å². The molecule has 3 rings (SSSR count). The SMILES string of the molecule is COc1ccccc1CNC(=O)c1ccc(NCc2ccncc2)nc1. The van der Waals surface area contributed by atoms with E-state index in [1.807, 2.05) is 36.4 Å². The van der Waals surface area contributed by atoms with Gasteiger partial charge in [0.1, 0.15) is 11.6 Å². The topological polar surface area (TPSA) is 76.1 Å². The van der Waals surface area contributed by atoms with E-state index in [1.54, 1.807) is 37.8 Å². The fraction of sp³-hybridized carbons (Fsp3) is 0.150. The average molecular weight is 348 g/mol. The van der Waals surface area contributed by atoms with Crippen LogP contribution in [0.3, 0.4) is 0 Å². The number of aromatic nitrogens is 2. The van der Waals surface area contributed by atoms with Gasteiger partial charge in [0.25, 0.3) is 5.91 Å². The van der Waals surface area contributed by atoms with E-state index < -0.39 is 0 Å². The number of carbonyl (C=O) groups excluding carboxylic acids is 1. The van der Waals surface area contributed by atoms with E-state index in [9.17, 15) is 4.79 Å². The third kappa shape index (κ3) is 4.57. The lowest BCUT2D eigenvalue weighted by Gasteiger charge is -2.10. The van der Waals surface area contributed by atoms with Gasteiger partial charge < -0.3 is 15.4 Å². The van der Waals surface area contributed by atoms with Gasteiger partial charge in [-0.1, -0.05) is 18.2 Å². The lowest BCUT2D eigenvalue weighted by atomic mass is 10.2. The van der Waals surface area contributed by atoms with Crippen molar-refractivity contribution in [2.45, 2.75) is 13.1 Å². The molecule has 0 radical (unpaired) electrons. The number of carbonyl (C=O) groups is 1. The Bertz CT molecular complexity index is 851. The number of nitrogens with one attached hydrogen (secondary N) is 2. The zero-order valence-electron chi connectivity index (χ0n) is 14.5. The van der Waals surface area contributed by atoms with Crippen molar-refractivity contribution in [1.29, 1.82) is 0 Å². The molecule has 6 nitrogen and oxygen atoms in total. The zero-order valence-corrected chi connectivity index (χ0v) is 14.5. The van der Waals surface area contributed by atoms with Crippen LogP contribution in [0.2, 0.25) is 0 Å². The molecule has 0 saturated heterocycles. The Kier molecular flexibility index (Phi) is 5.77. The van der Waals surface area contributed by atoms with E-state index in [0.717, 1.165) is 16.9 Å². The summed E-state index contributed by atoms with van der Waals surface area (Å²) < 4.78 is 5.29. The molecule has 1 amide bonds. The van der Waals surface area contributed by atoms with Crippen molar-refractivity contribution in [2.75, 3.05) is 12.4 Å². The minimum absolute atomic E-state index is 0.177. The summed E-state index contributed by atoms with van der Waals surface area (Å²) in [5, 5.41) is 6.09. The lowest BCUT2D eigenvalue weighted by molar-refractivity contribution is 0.0950. The molecule has 0 bridgehead atoms. The Morgan fingerprint density at radius 2 is 1.85 bits per heavy atom. The van der Waals surface area contributed by atoms with Crippen LogP contribution in [0.4, 0.5) is 5.82 Å². The van der Waals surface area contributed by atoms with E-state index in [-0.39, 0.29) is 5.91 Å². The Labute approximate surface area is 152 Å². The number of benzene rings is 1. The highest BCUT2D eigenvalue weighted by Gasteiger charge is 2.08. The van der Waals surface area contributed by atoms with Gasteiger partial charge in [0.2, 0.25) is 0 Å². The molecule has 3 aromatic rings. The van der Waals surface area contributed by atoms with Crippen molar-refractivity contribution < 1.29 is 9.53 Å². The van der Waals surface area contributed by atoms with Crippen LogP contribution < -0.4 is 15.4 Å². The zero-order chi connectivity index (χ0) is 18.2. The summed E-state index contributed by atoms with van der Waals surface area (Å²) in [5.41, 5.74) is 2.54. The summed E-state index contributed by atoms with van der Waals surface area (Å²) in [6.45, 7) is 1.04. The molecule has 6 heteroatoms. The third-order valence-corrected chi connectivity index (χ3v) is 3.88. The second-order valence-electron chi connectivity index (χ2n) is 5.64. The van der Waals surface area contributed by atoms with E-state index in [4.69, 9.17) is 4.74 Å². The van der Waals surface area contributed by atoms with Crippen molar-refractivity contribution in [3.63, 3.8) is 0 Å². The molecule has 2 aromatic heterocycles. The number of nitrogens with zero attached hydrogens (tertiary/aromatic N) is 2. The predicted octanol–water partition coefficient (Wildman–Crippen LogP) is 3.03. The van der Waals surface area contributed by atoms with Gasteiger partial charge in [0.05, 0.1) is 12.7 Å². The van der Waals surface area contributed by atoms with Gasteiger partial charge in [-0.15, -0.1) is 0 Å². The highest BCUT2D eigenvalue weighted by Crippen LogP contribution is 2.17. The van der Waals surface area contributed by atoms with Crippen LogP contribution in [0.1, 0.15) is 21.5 Å². The van der Waals surface area contributed by atoms with E-state index in [0.29, 0.717) is 24.5 Å². The van der Waals surface area contributed by atoms with Crippen LogP contribution in [-0.2, 0) is 13.1 Å². The van der Waals surface area contributed by atoms with Crippen LogP contribution in [0, 0.1) is 0 Å². The lowest BCUT2D eigenvalue weighted by Crippen LogP contribution is -2.23. The first kappa shape index (κ1) is 17.4. The number of pyridine rings is 2. The molecular formula is C20H20N4O2. The average Bonchev–Trinajstić information content (AvgIpc) is 2.72. The summed E-state index contributed by atoms with van der Waals surface area (Å²) in [7, 11) is 1.61. The predicted molar refractivity (Wildman–Crippen MR) is 100.0 cm³/mol. The number of hydrogen-bond donors (Lipinski definition) is 2. The molecule has 0 saturated carbocycles. The smallest absolute Gasteiger partial charge is 0.253 e. The highest BCUT2D eigenvalue weighted by molar-refractivity contribution is 5.94. The molecule has 0 fully saturated rings. The summed E-state index contributed by atoms with van der Waals surface area (Å²) in [6.07, 6.45) is 5.06. The Morgan fingerprint density at radius 1 is 1.04 bits per heavy atom. The molecule has 26 heavy (non-hydrogen) atoms. The molecule has 0 unspecified atom stereocenters. The number of ether oxygens (including phenoxy) is 1. The molecule has 2 N–H and O–H groups in total. The molecule has 0 spiro atoms. The first-order chi connectivity index (χ1) is 12.8. The standard InChI is InChI=1S/C20H20N4O2/c1-26-18-5-3-2-4-16(18)13-24-20(25)17-6-7-19(23-14-17)22-12-15-8-10-21-11-9-15/h2-11,14H,12-13H2,1H3,(H,22,23)(H,24,25). The van der Waals surface area contributed by atoms with Crippen LogP contribution in [-0.4, -0.2) is 23.0 Å². The Hall–Kier alpha value is -3.41.